The third kappa shape index (κ3) is 2.99. The van der Waals surface area contributed by atoms with Crippen molar-refractivity contribution in [1.29, 1.82) is 0 Å². The molecular weight excluding hydrogens is 368 g/mol. The van der Waals surface area contributed by atoms with Gasteiger partial charge in [-0.1, -0.05) is 60.8 Å². The predicted octanol–water partition coefficient (Wildman–Crippen LogP) is 7.65. The van der Waals surface area contributed by atoms with Gasteiger partial charge in [-0.3, -0.25) is 4.79 Å². The molecular formula is C28H44O2. The van der Waals surface area contributed by atoms with Gasteiger partial charge in [0.15, 0.2) is 0 Å². The molecule has 0 heterocycles. The Hall–Kier alpha value is -1.05. The van der Waals surface area contributed by atoms with Gasteiger partial charge in [0.2, 0.25) is 0 Å². The summed E-state index contributed by atoms with van der Waals surface area (Å²) in [6.45, 7) is 14.6. The number of fused-ring (bicyclic) bond motifs is 5. The number of aldehydes is 1. The van der Waals surface area contributed by atoms with Gasteiger partial charge in [-0.2, -0.15) is 0 Å². The number of aliphatic hydroxyl groups is 1. The fourth-order valence-electron chi connectivity index (χ4n) is 8.73. The lowest BCUT2D eigenvalue weighted by atomic mass is 9.46. The van der Waals surface area contributed by atoms with Crippen molar-refractivity contribution >= 4 is 6.29 Å². The van der Waals surface area contributed by atoms with Crippen LogP contribution in [0.1, 0.15) is 99.3 Å². The zero-order chi connectivity index (χ0) is 21.9. The third-order valence-electron chi connectivity index (χ3n) is 10.7. The molecule has 0 amide bonds. The first kappa shape index (κ1) is 22.2. The fraction of sp³-hybridized carbons (Fsp3) is 0.821. The highest BCUT2D eigenvalue weighted by Crippen LogP contribution is 2.74. The van der Waals surface area contributed by atoms with Crippen molar-refractivity contribution in [3.8, 4) is 0 Å². The van der Waals surface area contributed by atoms with Crippen LogP contribution in [0.3, 0.4) is 0 Å². The van der Waals surface area contributed by atoms with Crippen LogP contribution in [0, 0.1) is 45.8 Å². The van der Waals surface area contributed by atoms with Crippen LogP contribution in [-0.2, 0) is 4.79 Å². The Kier molecular flexibility index (Phi) is 5.55. The molecule has 0 radical (unpaired) electrons. The van der Waals surface area contributed by atoms with Gasteiger partial charge in [0.05, 0.1) is 5.76 Å². The quantitative estimate of drug-likeness (QED) is 0.455. The van der Waals surface area contributed by atoms with Gasteiger partial charge in [-0.15, -0.1) is 0 Å². The highest BCUT2D eigenvalue weighted by atomic mass is 16.3. The summed E-state index contributed by atoms with van der Waals surface area (Å²) in [5, 5.41) is 10.3. The number of carbonyl (C=O) groups is 1. The summed E-state index contributed by atoms with van der Waals surface area (Å²) in [5.74, 6) is 3.83. The van der Waals surface area contributed by atoms with Crippen molar-refractivity contribution < 1.29 is 9.90 Å². The normalized spacial score (nSPS) is 43.8. The molecule has 4 aliphatic carbocycles. The molecule has 168 valence electrons. The standard InChI is InChI=1S/C28H44O2/c1-18(2)8-7-9-19(3)22-10-11-23-25-21(17-29)24-16-20(30)12-13-27(24,5)28(25,6)15-14-26(22,23)4/h12,17-19,22-23,25,30H,7-11,13-16H2,1-6H3/t19-,22-,23?,25+,26-,27+,28?/m1/s1. The molecule has 1 N–H and O–H groups in total. The van der Waals surface area contributed by atoms with E-state index in [1.807, 2.05) is 6.08 Å². The summed E-state index contributed by atoms with van der Waals surface area (Å²) in [6, 6.07) is 0. The topological polar surface area (TPSA) is 37.3 Å². The van der Waals surface area contributed by atoms with E-state index in [1.54, 1.807) is 0 Å². The molecule has 30 heavy (non-hydrogen) atoms. The van der Waals surface area contributed by atoms with Crippen LogP contribution in [0.15, 0.2) is 23.0 Å². The molecule has 0 aliphatic heterocycles. The van der Waals surface area contributed by atoms with Gasteiger partial charge in [0, 0.05) is 6.42 Å². The molecule has 0 spiro atoms. The second-order valence-electron chi connectivity index (χ2n) is 12.5. The van der Waals surface area contributed by atoms with Crippen LogP contribution < -0.4 is 0 Å². The summed E-state index contributed by atoms with van der Waals surface area (Å²) in [7, 11) is 0. The Balaban J connectivity index is 1.64. The Bertz CT molecular complexity index is 761. The van der Waals surface area contributed by atoms with Gasteiger partial charge in [0.25, 0.3) is 0 Å². The van der Waals surface area contributed by atoms with Crippen LogP contribution in [0.5, 0.6) is 0 Å². The average Bonchev–Trinajstić information content (AvgIpc) is 3.12. The molecule has 4 aliphatic rings. The lowest BCUT2D eigenvalue weighted by Gasteiger charge is -2.57. The molecule has 2 saturated carbocycles. The minimum Gasteiger partial charge on any atom is -0.512 e. The molecule has 0 aromatic rings. The molecule has 0 aromatic heterocycles. The van der Waals surface area contributed by atoms with Gasteiger partial charge in [-0.05, 0) is 95.2 Å². The Labute approximate surface area is 184 Å². The average molecular weight is 413 g/mol. The number of hydrogen-bond acceptors (Lipinski definition) is 2. The third-order valence-corrected chi connectivity index (χ3v) is 10.7. The summed E-state index contributed by atoms with van der Waals surface area (Å²) in [4.78, 5) is 12.5. The molecule has 2 heteroatoms. The summed E-state index contributed by atoms with van der Waals surface area (Å²) in [5.41, 5.74) is 2.87. The van der Waals surface area contributed by atoms with Crippen molar-refractivity contribution in [2.45, 2.75) is 99.3 Å². The van der Waals surface area contributed by atoms with Crippen LogP contribution in [-0.4, -0.2) is 11.4 Å². The lowest BCUT2D eigenvalue weighted by Crippen LogP contribution is -2.51. The molecule has 2 nitrogen and oxygen atoms in total. The second kappa shape index (κ2) is 7.52. The number of aliphatic hydroxyl groups excluding tert-OH is 1. The van der Waals surface area contributed by atoms with E-state index in [9.17, 15) is 9.90 Å². The minimum absolute atomic E-state index is 0.0302. The Morgan fingerprint density at radius 1 is 1.13 bits per heavy atom. The zero-order valence-electron chi connectivity index (χ0n) is 20.3. The molecule has 7 atom stereocenters. The summed E-state index contributed by atoms with van der Waals surface area (Å²) < 4.78 is 0. The SMILES string of the molecule is CC(C)CCC[C@@H](C)[C@H]1CCC2[C@@H]3C(C=O)=C4CC(O)=CC[C@]4(C)C3(C)CC[C@@]21C. The van der Waals surface area contributed by atoms with Crippen LogP contribution in [0.4, 0.5) is 0 Å². The van der Waals surface area contributed by atoms with E-state index in [4.69, 9.17) is 0 Å². The van der Waals surface area contributed by atoms with Crippen molar-refractivity contribution in [3.63, 3.8) is 0 Å². The van der Waals surface area contributed by atoms with Crippen LogP contribution in [0.2, 0.25) is 0 Å². The fourth-order valence-corrected chi connectivity index (χ4v) is 8.73. The Morgan fingerprint density at radius 3 is 2.53 bits per heavy atom. The van der Waals surface area contributed by atoms with Crippen molar-refractivity contribution in [1.82, 2.24) is 0 Å². The van der Waals surface area contributed by atoms with E-state index in [0.717, 1.165) is 29.7 Å². The maximum Gasteiger partial charge on any atom is 0.146 e. The lowest BCUT2D eigenvalue weighted by molar-refractivity contribution is -0.108. The molecule has 0 bridgehead atoms. The maximum atomic E-state index is 12.5. The first-order valence-electron chi connectivity index (χ1n) is 12.6. The minimum atomic E-state index is 0.0302. The van der Waals surface area contributed by atoms with Crippen LogP contribution in [0.25, 0.3) is 0 Å². The first-order chi connectivity index (χ1) is 14.1. The monoisotopic (exact) mass is 412 g/mol. The van der Waals surface area contributed by atoms with Gasteiger partial charge in [0.1, 0.15) is 6.29 Å². The Morgan fingerprint density at radius 2 is 1.87 bits per heavy atom. The second-order valence-corrected chi connectivity index (χ2v) is 12.5. The number of hydrogen-bond donors (Lipinski definition) is 1. The summed E-state index contributed by atoms with van der Waals surface area (Å²) >= 11 is 0. The highest BCUT2D eigenvalue weighted by molar-refractivity contribution is 5.79. The zero-order valence-corrected chi connectivity index (χ0v) is 20.3. The predicted molar refractivity (Wildman–Crippen MR) is 124 cm³/mol. The number of allylic oxidation sites excluding steroid dienone is 3. The van der Waals surface area contributed by atoms with Gasteiger partial charge in [-0.25, -0.2) is 0 Å². The van der Waals surface area contributed by atoms with Crippen molar-refractivity contribution in [2.24, 2.45) is 45.8 Å². The van der Waals surface area contributed by atoms with E-state index in [0.29, 0.717) is 29.4 Å². The van der Waals surface area contributed by atoms with E-state index >= 15 is 0 Å². The van der Waals surface area contributed by atoms with E-state index in [-0.39, 0.29) is 10.8 Å². The highest BCUT2D eigenvalue weighted by Gasteiger charge is 2.67. The van der Waals surface area contributed by atoms with Crippen LogP contribution >= 0.6 is 0 Å². The maximum absolute atomic E-state index is 12.5. The molecule has 2 fully saturated rings. The van der Waals surface area contributed by atoms with Crippen molar-refractivity contribution in [3.05, 3.63) is 23.0 Å². The van der Waals surface area contributed by atoms with Gasteiger partial charge < -0.3 is 5.11 Å². The first-order valence-corrected chi connectivity index (χ1v) is 12.6. The van der Waals surface area contributed by atoms with Gasteiger partial charge >= 0.3 is 0 Å². The smallest absolute Gasteiger partial charge is 0.146 e. The van der Waals surface area contributed by atoms with E-state index < -0.39 is 0 Å². The molecule has 0 aromatic carbocycles. The largest absolute Gasteiger partial charge is 0.512 e. The van der Waals surface area contributed by atoms with E-state index in [2.05, 4.69) is 41.5 Å². The molecule has 2 unspecified atom stereocenters. The van der Waals surface area contributed by atoms with Crippen molar-refractivity contribution in [2.75, 3.05) is 0 Å². The number of rotatable bonds is 6. The molecule has 0 saturated heterocycles. The number of carbonyl (C=O) groups excluding carboxylic acids is 1. The molecule has 4 rings (SSSR count). The summed E-state index contributed by atoms with van der Waals surface area (Å²) in [6.07, 6.45) is 13.9. The van der Waals surface area contributed by atoms with E-state index in [1.165, 1.54) is 56.8 Å².